The first-order valence-electron chi connectivity index (χ1n) is 6.21. The molecule has 3 rings (SSSR count). The standard InChI is InChI=1S/C14H13ClN2O2/c15-10-5-3-9-4-6-13(16-11(9)8-10)17-7-1-2-12(17)14(18)19/h3-6,8,12H,1-2,7H2,(H,18,19)/t12-/m1/s1. The number of rotatable bonds is 2. The molecule has 4 nitrogen and oxygen atoms in total. The Morgan fingerprint density at radius 3 is 2.95 bits per heavy atom. The molecule has 0 amide bonds. The Morgan fingerprint density at radius 2 is 2.16 bits per heavy atom. The van der Waals surface area contributed by atoms with Crippen molar-refractivity contribution in [3.8, 4) is 0 Å². The summed E-state index contributed by atoms with van der Waals surface area (Å²) in [5.41, 5.74) is 0.793. The normalized spacial score (nSPS) is 19.0. The third kappa shape index (κ3) is 2.24. The summed E-state index contributed by atoms with van der Waals surface area (Å²) in [5.74, 6) is -0.0786. The zero-order chi connectivity index (χ0) is 13.4. The number of nitrogens with zero attached hydrogens (tertiary/aromatic N) is 2. The van der Waals surface area contributed by atoms with Gasteiger partial charge in [-0.1, -0.05) is 17.7 Å². The quantitative estimate of drug-likeness (QED) is 0.916. The highest BCUT2D eigenvalue weighted by atomic mass is 35.5. The molecule has 1 aliphatic rings. The highest BCUT2D eigenvalue weighted by molar-refractivity contribution is 6.31. The van der Waals surface area contributed by atoms with Crippen LogP contribution >= 0.6 is 11.6 Å². The predicted molar refractivity (Wildman–Crippen MR) is 74.8 cm³/mol. The number of benzene rings is 1. The highest BCUT2D eigenvalue weighted by Crippen LogP contribution is 2.27. The Labute approximate surface area is 115 Å². The van der Waals surface area contributed by atoms with E-state index < -0.39 is 12.0 Å². The Morgan fingerprint density at radius 1 is 1.37 bits per heavy atom. The number of pyridine rings is 1. The Hall–Kier alpha value is -1.81. The van der Waals surface area contributed by atoms with Gasteiger partial charge in [0.25, 0.3) is 0 Å². The second kappa shape index (κ2) is 4.70. The Bertz CT molecular complexity index is 644. The van der Waals surface area contributed by atoms with Crippen molar-refractivity contribution < 1.29 is 9.90 Å². The van der Waals surface area contributed by atoms with Gasteiger partial charge in [0.2, 0.25) is 0 Å². The molecule has 1 N–H and O–H groups in total. The molecule has 1 aromatic carbocycles. The maximum absolute atomic E-state index is 11.2. The van der Waals surface area contributed by atoms with Gasteiger partial charge < -0.3 is 10.0 Å². The summed E-state index contributed by atoms with van der Waals surface area (Å²) in [6, 6.07) is 8.88. The van der Waals surface area contributed by atoms with E-state index in [0.29, 0.717) is 17.3 Å². The summed E-state index contributed by atoms with van der Waals surface area (Å²) in [5, 5.41) is 10.8. The summed E-state index contributed by atoms with van der Waals surface area (Å²) in [7, 11) is 0. The number of carboxylic acids is 1. The number of aliphatic carboxylic acids is 1. The van der Waals surface area contributed by atoms with Gasteiger partial charge in [-0.3, -0.25) is 0 Å². The summed E-state index contributed by atoms with van der Waals surface area (Å²) in [6.45, 7) is 0.732. The molecule has 0 radical (unpaired) electrons. The second-order valence-corrected chi connectivity index (χ2v) is 5.13. The molecule has 5 heteroatoms. The van der Waals surface area contributed by atoms with Crippen LogP contribution in [0.2, 0.25) is 5.02 Å². The number of anilines is 1. The SMILES string of the molecule is O=C(O)[C@H]1CCCN1c1ccc2ccc(Cl)cc2n1. The number of hydrogen-bond donors (Lipinski definition) is 1. The van der Waals surface area contributed by atoms with Gasteiger partial charge in [-0.25, -0.2) is 9.78 Å². The Balaban J connectivity index is 2.03. The maximum atomic E-state index is 11.2. The molecule has 1 saturated heterocycles. The lowest BCUT2D eigenvalue weighted by Crippen LogP contribution is -2.36. The van der Waals surface area contributed by atoms with Crippen LogP contribution in [0.15, 0.2) is 30.3 Å². The van der Waals surface area contributed by atoms with Crippen molar-refractivity contribution in [3.63, 3.8) is 0 Å². The van der Waals surface area contributed by atoms with Crippen molar-refractivity contribution in [2.24, 2.45) is 0 Å². The van der Waals surface area contributed by atoms with Crippen LogP contribution < -0.4 is 4.90 Å². The molecular formula is C14H13ClN2O2. The topological polar surface area (TPSA) is 53.4 Å². The minimum atomic E-state index is -0.787. The smallest absolute Gasteiger partial charge is 0.326 e. The van der Waals surface area contributed by atoms with E-state index in [4.69, 9.17) is 11.6 Å². The van der Waals surface area contributed by atoms with Crippen LogP contribution in [0.3, 0.4) is 0 Å². The lowest BCUT2D eigenvalue weighted by molar-refractivity contribution is -0.138. The molecule has 19 heavy (non-hydrogen) atoms. The average Bonchev–Trinajstić information content (AvgIpc) is 2.87. The van der Waals surface area contributed by atoms with E-state index in [-0.39, 0.29) is 0 Å². The van der Waals surface area contributed by atoms with Gasteiger partial charge in [0.05, 0.1) is 5.52 Å². The molecule has 0 aliphatic carbocycles. The van der Waals surface area contributed by atoms with Gasteiger partial charge in [-0.2, -0.15) is 0 Å². The molecule has 0 bridgehead atoms. The molecule has 98 valence electrons. The van der Waals surface area contributed by atoms with Gasteiger partial charge in [-0.05, 0) is 37.1 Å². The number of carbonyl (C=O) groups is 1. The van der Waals surface area contributed by atoms with E-state index in [9.17, 15) is 9.90 Å². The lowest BCUT2D eigenvalue weighted by atomic mass is 10.2. The minimum absolute atomic E-state index is 0.468. The molecule has 1 atom stereocenters. The van der Waals surface area contributed by atoms with E-state index in [1.165, 1.54) is 0 Å². The van der Waals surface area contributed by atoms with Crippen molar-refractivity contribution in [2.45, 2.75) is 18.9 Å². The largest absolute Gasteiger partial charge is 0.480 e. The number of halogens is 1. The van der Waals surface area contributed by atoms with E-state index in [1.807, 2.05) is 29.2 Å². The van der Waals surface area contributed by atoms with Crippen LogP contribution in [0.25, 0.3) is 10.9 Å². The first kappa shape index (κ1) is 12.2. The first-order chi connectivity index (χ1) is 9.15. The number of aromatic nitrogens is 1. The molecule has 2 aromatic rings. The fourth-order valence-electron chi connectivity index (χ4n) is 2.54. The van der Waals surface area contributed by atoms with Crippen LogP contribution in [-0.4, -0.2) is 28.6 Å². The lowest BCUT2D eigenvalue weighted by Gasteiger charge is -2.22. The molecule has 0 saturated carbocycles. The van der Waals surface area contributed by atoms with Gasteiger partial charge in [0, 0.05) is 17.0 Å². The second-order valence-electron chi connectivity index (χ2n) is 4.70. The van der Waals surface area contributed by atoms with E-state index in [2.05, 4.69) is 4.98 Å². The summed E-state index contributed by atoms with van der Waals surface area (Å²) >= 11 is 5.96. The van der Waals surface area contributed by atoms with Crippen LogP contribution in [-0.2, 0) is 4.79 Å². The van der Waals surface area contributed by atoms with Gasteiger partial charge >= 0.3 is 5.97 Å². The van der Waals surface area contributed by atoms with Crippen LogP contribution in [0.1, 0.15) is 12.8 Å². The zero-order valence-electron chi connectivity index (χ0n) is 10.2. The molecule has 0 unspecified atom stereocenters. The molecule has 1 aliphatic heterocycles. The summed E-state index contributed by atoms with van der Waals surface area (Å²) < 4.78 is 0. The molecule has 1 fully saturated rings. The van der Waals surface area contributed by atoms with Crippen molar-refractivity contribution >= 4 is 34.3 Å². The number of hydrogen-bond acceptors (Lipinski definition) is 3. The van der Waals surface area contributed by atoms with Crippen molar-refractivity contribution in [3.05, 3.63) is 35.4 Å². The zero-order valence-corrected chi connectivity index (χ0v) is 11.0. The third-order valence-electron chi connectivity index (χ3n) is 3.47. The number of carboxylic acid groups (broad SMARTS) is 1. The summed E-state index contributed by atoms with van der Waals surface area (Å²) in [4.78, 5) is 17.6. The highest BCUT2D eigenvalue weighted by Gasteiger charge is 2.31. The van der Waals surface area contributed by atoms with Gasteiger partial charge in [0.1, 0.15) is 11.9 Å². The van der Waals surface area contributed by atoms with E-state index >= 15 is 0 Å². The predicted octanol–water partition coefficient (Wildman–Crippen LogP) is 2.94. The van der Waals surface area contributed by atoms with Gasteiger partial charge in [-0.15, -0.1) is 0 Å². The third-order valence-corrected chi connectivity index (χ3v) is 3.71. The summed E-state index contributed by atoms with van der Waals surface area (Å²) in [6.07, 6.45) is 1.55. The fourth-order valence-corrected chi connectivity index (χ4v) is 2.70. The van der Waals surface area contributed by atoms with Crippen LogP contribution in [0, 0.1) is 0 Å². The Kier molecular flexibility index (Phi) is 3.03. The molecule has 0 spiro atoms. The van der Waals surface area contributed by atoms with E-state index in [1.54, 1.807) is 6.07 Å². The maximum Gasteiger partial charge on any atom is 0.326 e. The van der Waals surface area contributed by atoms with Crippen molar-refractivity contribution in [1.82, 2.24) is 4.98 Å². The first-order valence-corrected chi connectivity index (χ1v) is 6.59. The van der Waals surface area contributed by atoms with Gasteiger partial charge in [0.15, 0.2) is 0 Å². The van der Waals surface area contributed by atoms with Crippen molar-refractivity contribution in [1.29, 1.82) is 0 Å². The molecular weight excluding hydrogens is 264 g/mol. The van der Waals surface area contributed by atoms with Crippen LogP contribution in [0.4, 0.5) is 5.82 Å². The average molecular weight is 277 g/mol. The van der Waals surface area contributed by atoms with Crippen molar-refractivity contribution in [2.75, 3.05) is 11.4 Å². The fraction of sp³-hybridized carbons (Fsp3) is 0.286. The monoisotopic (exact) mass is 276 g/mol. The molecule has 1 aromatic heterocycles. The molecule has 2 heterocycles. The van der Waals surface area contributed by atoms with Crippen LogP contribution in [0.5, 0.6) is 0 Å². The number of fused-ring (bicyclic) bond motifs is 1. The van der Waals surface area contributed by atoms with E-state index in [0.717, 1.165) is 23.9 Å². The minimum Gasteiger partial charge on any atom is -0.480 e.